The number of ether oxygens (including phenoxy) is 1. The van der Waals surface area contributed by atoms with E-state index in [2.05, 4.69) is 0 Å². The smallest absolute Gasteiger partial charge is 0.246 e. The second-order valence-electron chi connectivity index (χ2n) is 5.51. The van der Waals surface area contributed by atoms with Crippen molar-refractivity contribution in [2.24, 2.45) is 0 Å². The van der Waals surface area contributed by atoms with Gasteiger partial charge in [-0.15, -0.1) is 0 Å². The molecule has 124 valence electrons. The summed E-state index contributed by atoms with van der Waals surface area (Å²) in [7, 11) is -3.69. The van der Waals surface area contributed by atoms with Gasteiger partial charge in [0.05, 0.1) is 12.6 Å². The maximum atomic E-state index is 12.7. The van der Waals surface area contributed by atoms with E-state index in [4.69, 9.17) is 4.74 Å². The molecule has 0 N–H and O–H groups in total. The van der Waals surface area contributed by atoms with Crippen LogP contribution in [0.3, 0.4) is 0 Å². The van der Waals surface area contributed by atoms with E-state index in [1.165, 1.54) is 15.3 Å². The Labute approximate surface area is 134 Å². The molecule has 2 aliphatic heterocycles. The zero-order valence-electron chi connectivity index (χ0n) is 12.8. The van der Waals surface area contributed by atoms with Crippen LogP contribution in [0.25, 0.3) is 0 Å². The molecule has 2 amide bonds. The summed E-state index contributed by atoms with van der Waals surface area (Å²) < 4.78 is 32.0. The lowest BCUT2D eigenvalue weighted by atomic mass is 10.1. The number of amides is 2. The minimum Gasteiger partial charge on any atom is -0.492 e. The van der Waals surface area contributed by atoms with Gasteiger partial charge in [0.2, 0.25) is 21.8 Å². The molecule has 7 nitrogen and oxygen atoms in total. The van der Waals surface area contributed by atoms with Crippen LogP contribution in [0.2, 0.25) is 0 Å². The van der Waals surface area contributed by atoms with E-state index in [1.807, 2.05) is 0 Å². The molecule has 0 spiro atoms. The van der Waals surface area contributed by atoms with Crippen LogP contribution >= 0.6 is 0 Å². The first-order chi connectivity index (χ1) is 10.9. The monoisotopic (exact) mass is 338 g/mol. The summed E-state index contributed by atoms with van der Waals surface area (Å²) in [5, 5.41) is 0. The van der Waals surface area contributed by atoms with Crippen LogP contribution in [0.5, 0.6) is 5.75 Å². The van der Waals surface area contributed by atoms with Crippen LogP contribution in [0.4, 0.5) is 0 Å². The van der Waals surface area contributed by atoms with E-state index in [-0.39, 0.29) is 48.7 Å². The van der Waals surface area contributed by atoms with Gasteiger partial charge in [-0.2, -0.15) is 4.31 Å². The number of hydrogen-bond acceptors (Lipinski definition) is 5. The molecule has 0 saturated carbocycles. The van der Waals surface area contributed by atoms with Crippen molar-refractivity contribution >= 4 is 21.8 Å². The van der Waals surface area contributed by atoms with Gasteiger partial charge >= 0.3 is 0 Å². The van der Waals surface area contributed by atoms with Gasteiger partial charge in [-0.3, -0.25) is 14.5 Å². The average Bonchev–Trinajstić information content (AvgIpc) is 2.78. The highest BCUT2D eigenvalue weighted by Crippen LogP contribution is 2.31. The van der Waals surface area contributed by atoms with Crippen molar-refractivity contribution in [1.29, 1.82) is 0 Å². The maximum absolute atomic E-state index is 12.7. The Kier molecular flexibility index (Phi) is 4.11. The molecule has 0 aliphatic carbocycles. The molecule has 0 radical (unpaired) electrons. The third-order valence-corrected chi connectivity index (χ3v) is 5.92. The largest absolute Gasteiger partial charge is 0.492 e. The Morgan fingerprint density at radius 1 is 1.13 bits per heavy atom. The zero-order chi connectivity index (χ0) is 16.6. The molecule has 0 atom stereocenters. The number of nitrogens with zero attached hydrogens (tertiary/aromatic N) is 2. The molecule has 23 heavy (non-hydrogen) atoms. The first-order valence-electron chi connectivity index (χ1n) is 7.52. The number of rotatable bonds is 5. The number of imide groups is 1. The Hall–Kier alpha value is -1.93. The van der Waals surface area contributed by atoms with Gasteiger partial charge in [-0.1, -0.05) is 12.1 Å². The van der Waals surface area contributed by atoms with E-state index in [9.17, 15) is 18.0 Å². The number of hydrogen-bond donors (Lipinski definition) is 0. The van der Waals surface area contributed by atoms with Gasteiger partial charge in [-0.25, -0.2) is 8.42 Å². The normalized spacial score (nSPS) is 20.0. The molecule has 1 aromatic rings. The molecule has 2 aliphatic rings. The fourth-order valence-electron chi connectivity index (χ4n) is 2.85. The molecule has 0 bridgehead atoms. The first kappa shape index (κ1) is 15.9. The second-order valence-corrected chi connectivity index (χ2v) is 7.42. The van der Waals surface area contributed by atoms with Crippen molar-refractivity contribution < 1.29 is 22.7 Å². The van der Waals surface area contributed by atoms with Crippen LogP contribution in [0, 0.1) is 0 Å². The Morgan fingerprint density at radius 2 is 1.74 bits per heavy atom. The quantitative estimate of drug-likeness (QED) is 0.735. The number of para-hydroxylation sites is 1. The summed E-state index contributed by atoms with van der Waals surface area (Å²) in [5.41, 5.74) is 0. The minimum absolute atomic E-state index is 0.111. The number of carbonyl (C=O) groups excluding carboxylic acids is 2. The first-order valence-corrected chi connectivity index (χ1v) is 8.96. The summed E-state index contributed by atoms with van der Waals surface area (Å²) in [6.45, 7) is 2.43. The predicted molar refractivity (Wildman–Crippen MR) is 81.2 cm³/mol. The Morgan fingerprint density at radius 3 is 2.35 bits per heavy atom. The summed E-state index contributed by atoms with van der Waals surface area (Å²) in [6.07, 6.45) is 0.435. The SMILES string of the molecule is CCOc1ccccc1S(=O)(=O)N1CC(N2C(=O)CCC2=O)C1. The zero-order valence-corrected chi connectivity index (χ0v) is 13.6. The van der Waals surface area contributed by atoms with Gasteiger partial charge in [-0.05, 0) is 19.1 Å². The Balaban J connectivity index is 1.76. The van der Waals surface area contributed by atoms with Crippen LogP contribution in [0.1, 0.15) is 19.8 Å². The third kappa shape index (κ3) is 2.72. The van der Waals surface area contributed by atoms with Crippen LogP contribution < -0.4 is 4.74 Å². The molecular weight excluding hydrogens is 320 g/mol. The number of likely N-dealkylation sites (tertiary alicyclic amines) is 1. The summed E-state index contributed by atoms with van der Waals surface area (Å²) in [6, 6.07) is 6.11. The molecule has 1 aromatic carbocycles. The van der Waals surface area contributed by atoms with Crippen molar-refractivity contribution in [3.63, 3.8) is 0 Å². The highest BCUT2D eigenvalue weighted by molar-refractivity contribution is 7.89. The summed E-state index contributed by atoms with van der Waals surface area (Å²) in [4.78, 5) is 24.7. The van der Waals surface area contributed by atoms with Crippen LogP contribution in [-0.2, 0) is 19.6 Å². The second kappa shape index (κ2) is 5.93. The molecule has 2 fully saturated rings. The van der Waals surface area contributed by atoms with Crippen molar-refractivity contribution in [2.75, 3.05) is 19.7 Å². The van der Waals surface area contributed by atoms with E-state index in [1.54, 1.807) is 25.1 Å². The molecule has 2 heterocycles. The van der Waals surface area contributed by atoms with E-state index >= 15 is 0 Å². The topological polar surface area (TPSA) is 84.0 Å². The third-order valence-electron chi connectivity index (χ3n) is 4.05. The van der Waals surface area contributed by atoms with Crippen molar-refractivity contribution in [1.82, 2.24) is 9.21 Å². The van der Waals surface area contributed by atoms with E-state index in [0.29, 0.717) is 12.4 Å². The van der Waals surface area contributed by atoms with E-state index in [0.717, 1.165) is 0 Å². The van der Waals surface area contributed by atoms with Gasteiger partial charge in [0, 0.05) is 25.9 Å². The molecule has 0 unspecified atom stereocenters. The summed E-state index contributed by atoms with van der Waals surface area (Å²) >= 11 is 0. The highest BCUT2D eigenvalue weighted by Gasteiger charge is 2.45. The van der Waals surface area contributed by atoms with Gasteiger partial charge in [0.15, 0.2) is 0 Å². The lowest BCUT2D eigenvalue weighted by Gasteiger charge is -2.41. The Bertz CT molecular complexity index is 724. The van der Waals surface area contributed by atoms with Gasteiger partial charge in [0.1, 0.15) is 10.6 Å². The van der Waals surface area contributed by atoms with Crippen LogP contribution in [-0.4, -0.2) is 55.2 Å². The highest BCUT2D eigenvalue weighted by atomic mass is 32.2. The summed E-state index contributed by atoms with van der Waals surface area (Å²) in [5.74, 6) is -0.120. The van der Waals surface area contributed by atoms with Crippen LogP contribution in [0.15, 0.2) is 29.2 Å². The number of sulfonamides is 1. The average molecular weight is 338 g/mol. The van der Waals surface area contributed by atoms with Gasteiger partial charge in [0.25, 0.3) is 0 Å². The lowest BCUT2D eigenvalue weighted by Crippen LogP contribution is -2.62. The predicted octanol–water partition coefficient (Wildman–Crippen LogP) is 0.607. The van der Waals surface area contributed by atoms with Crippen molar-refractivity contribution in [3.05, 3.63) is 24.3 Å². The molecule has 2 saturated heterocycles. The fraction of sp³-hybridized carbons (Fsp3) is 0.467. The molecular formula is C15H18N2O5S. The number of carbonyl (C=O) groups is 2. The van der Waals surface area contributed by atoms with Crippen molar-refractivity contribution in [3.8, 4) is 5.75 Å². The van der Waals surface area contributed by atoms with Crippen molar-refractivity contribution in [2.45, 2.75) is 30.7 Å². The molecule has 8 heteroatoms. The number of benzene rings is 1. The maximum Gasteiger partial charge on any atom is 0.246 e. The standard InChI is InChI=1S/C15H18N2O5S/c1-2-22-12-5-3-4-6-13(12)23(20,21)16-9-11(10-16)17-14(18)7-8-15(17)19/h3-6,11H,2,7-10H2,1H3. The van der Waals surface area contributed by atoms with Gasteiger partial charge < -0.3 is 4.74 Å². The minimum atomic E-state index is -3.69. The molecule has 3 rings (SSSR count). The lowest BCUT2D eigenvalue weighted by molar-refractivity contribution is -0.143. The fourth-order valence-corrected chi connectivity index (χ4v) is 4.50. The van der Waals surface area contributed by atoms with E-state index < -0.39 is 10.0 Å². The molecule has 0 aromatic heterocycles.